The van der Waals surface area contributed by atoms with Crippen LogP contribution >= 0.6 is 0 Å². The maximum absolute atomic E-state index is 13.0. The number of pyridine rings is 1. The highest BCUT2D eigenvalue weighted by Crippen LogP contribution is 2.22. The summed E-state index contributed by atoms with van der Waals surface area (Å²) < 4.78 is 13.0. The van der Waals surface area contributed by atoms with Crippen molar-refractivity contribution < 1.29 is 9.18 Å². The van der Waals surface area contributed by atoms with E-state index in [-0.39, 0.29) is 11.9 Å². The summed E-state index contributed by atoms with van der Waals surface area (Å²) in [6, 6.07) is 20.3. The number of aromatic nitrogens is 1. The van der Waals surface area contributed by atoms with Gasteiger partial charge in [-0.1, -0.05) is 48.5 Å². The van der Waals surface area contributed by atoms with Crippen LogP contribution in [0.15, 0.2) is 79.0 Å². The fourth-order valence-corrected chi connectivity index (χ4v) is 2.62. The molecule has 1 unspecified atom stereocenters. The predicted molar refractivity (Wildman–Crippen MR) is 102 cm³/mol. The number of hydrogen-bond donors (Lipinski definition) is 1. The number of nitrogens with zero attached hydrogens (tertiary/aromatic N) is 1. The van der Waals surface area contributed by atoms with Crippen molar-refractivity contribution in [3.8, 4) is 11.1 Å². The number of benzene rings is 2. The number of carbonyl (C=O) groups excluding carboxylic acids is 1. The number of amides is 1. The first-order valence-corrected chi connectivity index (χ1v) is 8.37. The van der Waals surface area contributed by atoms with Gasteiger partial charge in [0, 0.05) is 17.8 Å². The molecule has 1 aromatic heterocycles. The fraction of sp³-hybridized carbons (Fsp3) is 0.0909. The van der Waals surface area contributed by atoms with E-state index in [1.165, 1.54) is 18.3 Å². The van der Waals surface area contributed by atoms with Gasteiger partial charge in [0.2, 0.25) is 11.9 Å². The van der Waals surface area contributed by atoms with Crippen molar-refractivity contribution in [1.29, 1.82) is 0 Å². The lowest BCUT2D eigenvalue weighted by Crippen LogP contribution is -2.24. The minimum absolute atomic E-state index is 0.156. The van der Waals surface area contributed by atoms with Crippen molar-refractivity contribution >= 4 is 12.0 Å². The van der Waals surface area contributed by atoms with E-state index in [0.29, 0.717) is 0 Å². The van der Waals surface area contributed by atoms with Gasteiger partial charge < -0.3 is 5.32 Å². The third-order valence-corrected chi connectivity index (χ3v) is 4.03. The fourth-order valence-electron chi connectivity index (χ4n) is 2.62. The molecule has 0 fully saturated rings. The molecule has 3 nitrogen and oxygen atoms in total. The molecule has 1 atom stereocenters. The summed E-state index contributed by atoms with van der Waals surface area (Å²) in [6.45, 7) is 1.93. The molecule has 0 spiro atoms. The summed E-state index contributed by atoms with van der Waals surface area (Å²) >= 11 is 0. The molecule has 0 aliphatic carbocycles. The van der Waals surface area contributed by atoms with Gasteiger partial charge in [0.15, 0.2) is 0 Å². The van der Waals surface area contributed by atoms with Crippen LogP contribution in [0, 0.1) is 5.95 Å². The van der Waals surface area contributed by atoms with E-state index in [2.05, 4.69) is 10.3 Å². The summed E-state index contributed by atoms with van der Waals surface area (Å²) in [5.41, 5.74) is 3.70. The normalized spacial score (nSPS) is 12.1. The molecule has 1 N–H and O–H groups in total. The van der Waals surface area contributed by atoms with Crippen LogP contribution in [0.1, 0.15) is 24.1 Å². The van der Waals surface area contributed by atoms with Crippen molar-refractivity contribution in [2.75, 3.05) is 0 Å². The molecule has 1 amide bonds. The van der Waals surface area contributed by atoms with E-state index >= 15 is 0 Å². The zero-order valence-electron chi connectivity index (χ0n) is 14.4. The molecule has 4 heteroatoms. The topological polar surface area (TPSA) is 42.0 Å². The molecule has 130 valence electrons. The molecule has 1 heterocycles. The van der Waals surface area contributed by atoms with Crippen LogP contribution in [0.3, 0.4) is 0 Å². The second kappa shape index (κ2) is 8.21. The second-order valence-electron chi connectivity index (χ2n) is 5.97. The third kappa shape index (κ3) is 4.63. The number of nitrogens with one attached hydrogen (secondary N) is 1. The Bertz CT molecular complexity index is 905. The summed E-state index contributed by atoms with van der Waals surface area (Å²) in [5.74, 6) is -0.661. The van der Waals surface area contributed by atoms with Crippen LogP contribution in [-0.4, -0.2) is 10.9 Å². The average molecular weight is 346 g/mol. The Labute approximate surface area is 152 Å². The van der Waals surface area contributed by atoms with Crippen molar-refractivity contribution in [2.24, 2.45) is 0 Å². The molecular formula is C22H19FN2O. The number of carbonyl (C=O) groups is 1. The van der Waals surface area contributed by atoms with Crippen LogP contribution in [0.4, 0.5) is 4.39 Å². The van der Waals surface area contributed by atoms with Crippen molar-refractivity contribution in [3.05, 3.63) is 96.1 Å². The van der Waals surface area contributed by atoms with E-state index in [0.717, 1.165) is 22.3 Å². The van der Waals surface area contributed by atoms with Gasteiger partial charge in [-0.25, -0.2) is 4.98 Å². The smallest absolute Gasteiger partial charge is 0.244 e. The first-order valence-electron chi connectivity index (χ1n) is 8.37. The summed E-state index contributed by atoms with van der Waals surface area (Å²) in [6.07, 6.45) is 4.81. The molecule has 0 bridgehead atoms. The van der Waals surface area contributed by atoms with Crippen LogP contribution in [0.25, 0.3) is 17.2 Å². The molecule has 0 aliphatic rings. The molecule has 0 radical (unpaired) electrons. The van der Waals surface area contributed by atoms with Crippen LogP contribution < -0.4 is 5.32 Å². The Morgan fingerprint density at radius 3 is 2.58 bits per heavy atom. The highest BCUT2D eigenvalue weighted by Gasteiger charge is 2.09. The maximum Gasteiger partial charge on any atom is 0.244 e. The molecule has 3 rings (SSSR count). The Hall–Kier alpha value is -3.27. The molecule has 0 saturated carbocycles. The third-order valence-electron chi connectivity index (χ3n) is 4.03. The number of rotatable bonds is 5. The van der Waals surface area contributed by atoms with Crippen molar-refractivity contribution in [2.45, 2.75) is 13.0 Å². The largest absolute Gasteiger partial charge is 0.346 e. The van der Waals surface area contributed by atoms with E-state index in [9.17, 15) is 9.18 Å². The van der Waals surface area contributed by atoms with Gasteiger partial charge in [-0.15, -0.1) is 0 Å². The monoisotopic (exact) mass is 346 g/mol. The summed E-state index contributed by atoms with van der Waals surface area (Å²) in [7, 11) is 0. The van der Waals surface area contributed by atoms with E-state index in [4.69, 9.17) is 0 Å². The zero-order valence-corrected chi connectivity index (χ0v) is 14.4. The Morgan fingerprint density at radius 1 is 1.04 bits per heavy atom. The van der Waals surface area contributed by atoms with Gasteiger partial charge in [0.25, 0.3) is 0 Å². The first kappa shape index (κ1) is 17.5. The summed E-state index contributed by atoms with van der Waals surface area (Å²) in [5, 5.41) is 2.95. The van der Waals surface area contributed by atoms with E-state index < -0.39 is 5.95 Å². The lowest BCUT2D eigenvalue weighted by atomic mass is 10.0. The summed E-state index contributed by atoms with van der Waals surface area (Å²) in [4.78, 5) is 15.8. The van der Waals surface area contributed by atoms with Gasteiger partial charge in [0.05, 0.1) is 6.04 Å². The number of hydrogen-bond acceptors (Lipinski definition) is 2. The quantitative estimate of drug-likeness (QED) is 0.534. The molecule has 26 heavy (non-hydrogen) atoms. The number of halogens is 1. The van der Waals surface area contributed by atoms with Crippen molar-refractivity contribution in [3.63, 3.8) is 0 Å². The van der Waals surface area contributed by atoms with Crippen LogP contribution in [0.5, 0.6) is 0 Å². The molecule has 2 aromatic carbocycles. The average Bonchev–Trinajstić information content (AvgIpc) is 2.68. The van der Waals surface area contributed by atoms with Gasteiger partial charge in [-0.2, -0.15) is 4.39 Å². The highest BCUT2D eigenvalue weighted by atomic mass is 19.1. The standard InChI is InChI=1S/C22H19FN2O/c1-16(25-22(26)13-10-17-6-3-2-4-7-17)18-8-5-9-19(14-18)20-11-12-21(23)24-15-20/h2-16H,1H3,(H,25,26). The Morgan fingerprint density at radius 2 is 1.85 bits per heavy atom. The van der Waals surface area contributed by atoms with Gasteiger partial charge >= 0.3 is 0 Å². The van der Waals surface area contributed by atoms with Gasteiger partial charge in [0.1, 0.15) is 0 Å². The van der Waals surface area contributed by atoms with Crippen LogP contribution in [-0.2, 0) is 4.79 Å². The molecule has 3 aromatic rings. The minimum atomic E-state index is -0.504. The van der Waals surface area contributed by atoms with E-state index in [1.807, 2.05) is 61.5 Å². The molecular weight excluding hydrogens is 327 g/mol. The minimum Gasteiger partial charge on any atom is -0.346 e. The molecule has 0 aliphatic heterocycles. The lowest BCUT2D eigenvalue weighted by molar-refractivity contribution is -0.117. The first-order chi connectivity index (χ1) is 12.6. The maximum atomic E-state index is 13.0. The Kier molecular flexibility index (Phi) is 5.54. The predicted octanol–water partition coefficient (Wildman–Crippen LogP) is 4.78. The van der Waals surface area contributed by atoms with Gasteiger partial charge in [-0.05, 0) is 47.9 Å². The van der Waals surface area contributed by atoms with Gasteiger partial charge in [-0.3, -0.25) is 4.79 Å². The SMILES string of the molecule is CC(NC(=O)C=Cc1ccccc1)c1cccc(-c2ccc(F)nc2)c1. The second-order valence-corrected chi connectivity index (χ2v) is 5.97. The Balaban J connectivity index is 1.69. The highest BCUT2D eigenvalue weighted by molar-refractivity contribution is 5.92. The molecule has 0 saturated heterocycles. The lowest BCUT2D eigenvalue weighted by Gasteiger charge is -2.14. The van der Waals surface area contributed by atoms with E-state index in [1.54, 1.807) is 12.1 Å². The van der Waals surface area contributed by atoms with Crippen molar-refractivity contribution in [1.82, 2.24) is 10.3 Å². The zero-order chi connectivity index (χ0) is 18.4. The van der Waals surface area contributed by atoms with Crippen LogP contribution in [0.2, 0.25) is 0 Å².